The van der Waals surface area contributed by atoms with Crippen LogP contribution >= 0.6 is 11.6 Å². The first-order chi connectivity index (χ1) is 16.7. The first-order valence-corrected chi connectivity index (χ1v) is 11.8. The lowest BCUT2D eigenvalue weighted by Crippen LogP contribution is -2.17. The minimum absolute atomic E-state index is 0.0536. The average molecular weight is 523 g/mol. The number of rotatable bonds is 8. The normalized spacial score (nSPS) is 11.5. The van der Waals surface area contributed by atoms with Crippen LogP contribution in [-0.4, -0.2) is 43.1 Å². The van der Waals surface area contributed by atoms with Gasteiger partial charge in [-0.25, -0.2) is 27.2 Å². The molecule has 182 valence electrons. The Morgan fingerprint density at radius 3 is 2.60 bits per heavy atom. The van der Waals surface area contributed by atoms with E-state index in [4.69, 9.17) is 21.1 Å². The fraction of sp³-hybridized carbons (Fsp3) is 0.136. The third kappa shape index (κ3) is 5.24. The van der Waals surface area contributed by atoms with Crippen molar-refractivity contribution in [2.45, 2.75) is 4.90 Å². The third-order valence-corrected chi connectivity index (χ3v) is 6.46. The van der Waals surface area contributed by atoms with Crippen molar-refractivity contribution in [3.8, 4) is 17.0 Å². The van der Waals surface area contributed by atoms with Gasteiger partial charge in [-0.3, -0.25) is 13.9 Å². The summed E-state index contributed by atoms with van der Waals surface area (Å²) in [7, 11) is -3.02. The molecule has 0 bridgehead atoms. The summed E-state index contributed by atoms with van der Waals surface area (Å²) >= 11 is 5.88. The fourth-order valence-corrected chi connectivity index (χ4v) is 4.39. The van der Waals surface area contributed by atoms with Crippen molar-refractivity contribution in [1.82, 2.24) is 14.4 Å². The molecule has 0 aliphatic heterocycles. The van der Waals surface area contributed by atoms with Crippen molar-refractivity contribution in [3.05, 3.63) is 82.0 Å². The Labute approximate surface area is 203 Å². The minimum atomic E-state index is -4.49. The Balaban J connectivity index is 1.78. The maximum absolute atomic E-state index is 14.2. The van der Waals surface area contributed by atoms with E-state index in [1.54, 1.807) is 12.1 Å². The number of halogens is 3. The maximum Gasteiger partial charge on any atom is 0.276 e. The van der Waals surface area contributed by atoms with E-state index in [2.05, 4.69) is 14.7 Å². The van der Waals surface area contributed by atoms with Crippen molar-refractivity contribution in [3.63, 3.8) is 0 Å². The summed E-state index contributed by atoms with van der Waals surface area (Å²) < 4.78 is 67.1. The van der Waals surface area contributed by atoms with Crippen molar-refractivity contribution in [1.29, 1.82) is 0 Å². The Bertz CT molecular complexity index is 1580. The molecule has 0 amide bonds. The summed E-state index contributed by atoms with van der Waals surface area (Å²) in [6, 6.07) is 6.73. The molecule has 13 heteroatoms. The van der Waals surface area contributed by atoms with Crippen LogP contribution < -0.4 is 15.0 Å². The molecule has 4 aromatic rings. The molecule has 0 radical (unpaired) electrons. The second kappa shape index (κ2) is 9.94. The Morgan fingerprint density at radius 2 is 1.86 bits per heavy atom. The number of hydrogen-bond donors (Lipinski definition) is 1. The fourth-order valence-electron chi connectivity index (χ4n) is 3.14. The number of methoxy groups -OCH3 is 1. The molecule has 0 saturated heterocycles. The lowest BCUT2D eigenvalue weighted by molar-refractivity contribution is 0.144. The average Bonchev–Trinajstić information content (AvgIpc) is 2.82. The number of pyridine rings is 2. The zero-order chi connectivity index (χ0) is 25.2. The van der Waals surface area contributed by atoms with Crippen LogP contribution in [0.25, 0.3) is 16.8 Å². The number of fused-ring (bicyclic) bond motifs is 1. The van der Waals surface area contributed by atoms with E-state index >= 15 is 0 Å². The molecule has 1 N–H and O–H groups in total. The van der Waals surface area contributed by atoms with Crippen molar-refractivity contribution in [2.24, 2.45) is 0 Å². The number of sulfonamides is 1. The molecule has 35 heavy (non-hydrogen) atoms. The van der Waals surface area contributed by atoms with Crippen molar-refractivity contribution >= 4 is 33.0 Å². The number of aromatic nitrogens is 3. The van der Waals surface area contributed by atoms with Gasteiger partial charge < -0.3 is 9.47 Å². The molecular weight excluding hydrogens is 506 g/mol. The van der Waals surface area contributed by atoms with E-state index < -0.39 is 32.1 Å². The van der Waals surface area contributed by atoms with E-state index in [-0.39, 0.29) is 29.8 Å². The van der Waals surface area contributed by atoms with Gasteiger partial charge in [0.2, 0.25) is 5.88 Å². The van der Waals surface area contributed by atoms with Crippen LogP contribution in [0.3, 0.4) is 0 Å². The summed E-state index contributed by atoms with van der Waals surface area (Å²) in [6.45, 7) is 0.252. The Hall–Kier alpha value is -3.61. The summed E-state index contributed by atoms with van der Waals surface area (Å²) in [5.74, 6) is -2.28. The topological polar surface area (TPSA) is 112 Å². The third-order valence-electron chi connectivity index (χ3n) is 4.80. The first-order valence-electron chi connectivity index (χ1n) is 9.96. The highest BCUT2D eigenvalue weighted by Crippen LogP contribution is 2.31. The van der Waals surface area contributed by atoms with E-state index in [1.165, 1.54) is 36.2 Å². The number of nitrogens with zero attached hydrogens (tertiary/aromatic N) is 3. The Morgan fingerprint density at radius 1 is 1.06 bits per heavy atom. The SMILES string of the molecule is COCCOc1ncc(-c2ccc3ncc(Cl)c(=O)n3c2)cc1NS(=O)(=O)c1ccc(F)cc1F. The molecule has 0 fully saturated rings. The molecule has 0 atom stereocenters. The van der Waals surface area contributed by atoms with Crippen LogP contribution in [0, 0.1) is 11.6 Å². The molecule has 3 aromatic heterocycles. The largest absolute Gasteiger partial charge is 0.474 e. The molecule has 9 nitrogen and oxygen atoms in total. The van der Waals surface area contributed by atoms with Gasteiger partial charge in [-0.05, 0) is 30.3 Å². The smallest absolute Gasteiger partial charge is 0.276 e. The van der Waals surface area contributed by atoms with Crippen LogP contribution in [0.15, 0.2) is 64.7 Å². The highest BCUT2D eigenvalue weighted by atomic mass is 35.5. The van der Waals surface area contributed by atoms with E-state index in [1.807, 2.05) is 0 Å². The summed E-state index contributed by atoms with van der Waals surface area (Å²) in [5.41, 5.74) is 0.629. The van der Waals surface area contributed by atoms with Crippen molar-refractivity contribution < 1.29 is 26.7 Å². The number of anilines is 1. The van der Waals surface area contributed by atoms with Gasteiger partial charge in [0.1, 0.15) is 39.5 Å². The van der Waals surface area contributed by atoms with E-state index in [0.717, 1.165) is 12.1 Å². The molecular formula is C22H17ClF2N4O5S. The molecule has 0 unspecified atom stereocenters. The van der Waals surface area contributed by atoms with E-state index in [9.17, 15) is 22.0 Å². The van der Waals surface area contributed by atoms with Crippen LogP contribution in [0.4, 0.5) is 14.5 Å². The summed E-state index contributed by atoms with van der Waals surface area (Å²) in [6.07, 6.45) is 4.12. The predicted octanol–water partition coefficient (Wildman–Crippen LogP) is 3.51. The first kappa shape index (κ1) is 24.5. The molecule has 0 saturated carbocycles. The predicted molar refractivity (Wildman–Crippen MR) is 124 cm³/mol. The van der Waals surface area contributed by atoms with Gasteiger partial charge in [-0.15, -0.1) is 0 Å². The zero-order valence-electron chi connectivity index (χ0n) is 18.0. The number of nitrogens with one attached hydrogen (secondary N) is 1. The molecule has 0 aliphatic carbocycles. The van der Waals surface area contributed by atoms with Gasteiger partial charge in [0.25, 0.3) is 15.6 Å². The van der Waals surface area contributed by atoms with Crippen LogP contribution in [0.1, 0.15) is 0 Å². The molecule has 4 rings (SSSR count). The van der Waals surface area contributed by atoms with Gasteiger partial charge in [0, 0.05) is 36.7 Å². The highest BCUT2D eigenvalue weighted by Gasteiger charge is 2.22. The molecule has 3 heterocycles. The molecule has 0 spiro atoms. The van der Waals surface area contributed by atoms with Gasteiger partial charge in [-0.2, -0.15) is 0 Å². The molecule has 0 aliphatic rings. The lowest BCUT2D eigenvalue weighted by Gasteiger charge is -2.15. The zero-order valence-corrected chi connectivity index (χ0v) is 19.6. The number of ether oxygens (including phenoxy) is 2. The van der Waals surface area contributed by atoms with Gasteiger partial charge in [0.15, 0.2) is 0 Å². The van der Waals surface area contributed by atoms with Gasteiger partial charge >= 0.3 is 0 Å². The quantitative estimate of drug-likeness (QED) is 0.352. The van der Waals surface area contributed by atoms with Gasteiger partial charge in [-0.1, -0.05) is 11.6 Å². The van der Waals surface area contributed by atoms with Gasteiger partial charge in [0.05, 0.1) is 12.8 Å². The second-order valence-corrected chi connectivity index (χ2v) is 9.21. The van der Waals surface area contributed by atoms with Crippen LogP contribution in [-0.2, 0) is 14.8 Å². The molecule has 1 aromatic carbocycles. The highest BCUT2D eigenvalue weighted by molar-refractivity contribution is 7.92. The van der Waals surface area contributed by atoms with E-state index in [0.29, 0.717) is 22.8 Å². The number of benzene rings is 1. The van der Waals surface area contributed by atoms with Crippen LogP contribution in [0.5, 0.6) is 5.88 Å². The Kier molecular flexibility index (Phi) is 6.96. The minimum Gasteiger partial charge on any atom is -0.474 e. The second-order valence-electron chi connectivity index (χ2n) is 7.16. The monoisotopic (exact) mass is 522 g/mol. The van der Waals surface area contributed by atoms with Crippen LogP contribution in [0.2, 0.25) is 5.02 Å². The standard InChI is InChI=1S/C22H17ClF2N4O5S/c1-33-6-7-34-21-18(28-35(31,32)19-4-3-15(24)9-17(19)25)8-14(10-27-21)13-2-5-20-26-11-16(23)22(30)29(20)12-13/h2-5,8-12,28H,6-7H2,1H3. The summed E-state index contributed by atoms with van der Waals surface area (Å²) in [4.78, 5) is 19.9. The number of hydrogen-bond acceptors (Lipinski definition) is 7. The lowest BCUT2D eigenvalue weighted by atomic mass is 10.1. The maximum atomic E-state index is 14.2. The van der Waals surface area contributed by atoms with Crippen molar-refractivity contribution in [2.75, 3.05) is 25.0 Å². The summed E-state index contributed by atoms with van der Waals surface area (Å²) in [5, 5.41) is -0.0746.